The minimum absolute atomic E-state index is 0.0523. The molecule has 1 aromatic heterocycles. The molecule has 1 aromatic carbocycles. The first-order valence-electron chi connectivity index (χ1n) is 7.08. The van der Waals surface area contributed by atoms with Crippen LogP contribution in [0.25, 0.3) is 0 Å². The number of carbonyl (C=O) groups excluding carboxylic acids is 1. The van der Waals surface area contributed by atoms with Crippen LogP contribution < -0.4 is 10.1 Å². The van der Waals surface area contributed by atoms with Gasteiger partial charge in [0.05, 0.1) is 6.42 Å². The number of hydrogen-bond donors (Lipinski definition) is 2. The number of aryl methyl sites for hydroxylation is 1. The highest BCUT2D eigenvalue weighted by Crippen LogP contribution is 2.43. The molecule has 2 rings (SSSR count). The summed E-state index contributed by atoms with van der Waals surface area (Å²) in [4.78, 5) is 15.6. The lowest BCUT2D eigenvalue weighted by molar-refractivity contribution is -0.266. The molecular weight excluding hydrogens is 383 g/mol. The topological polar surface area (TPSA) is 71.5 Å². The Kier molecular flexibility index (Phi) is 5.81. The molecule has 2 N–H and O–H groups in total. The van der Waals surface area contributed by atoms with Crippen LogP contribution in [0, 0.1) is 6.92 Å². The number of aliphatic hydroxyl groups is 1. The molecule has 0 saturated carbocycles. The van der Waals surface area contributed by atoms with Crippen molar-refractivity contribution in [2.75, 3.05) is 5.32 Å². The monoisotopic (exact) mass is 396 g/mol. The van der Waals surface area contributed by atoms with Gasteiger partial charge >= 0.3 is 12.8 Å². The van der Waals surface area contributed by atoms with Crippen LogP contribution in [0.2, 0.25) is 0 Å². The van der Waals surface area contributed by atoms with Crippen LogP contribution in [-0.2, 0) is 10.4 Å². The number of thiazole rings is 1. The van der Waals surface area contributed by atoms with Crippen LogP contribution in [0.5, 0.6) is 5.75 Å². The molecule has 1 atom stereocenters. The van der Waals surface area contributed by atoms with Gasteiger partial charge in [-0.05, 0) is 31.2 Å². The van der Waals surface area contributed by atoms with E-state index in [9.17, 15) is 31.9 Å². The average Bonchev–Trinajstić information content (AvgIpc) is 2.94. The number of anilines is 1. The van der Waals surface area contributed by atoms with Gasteiger partial charge in [-0.1, -0.05) is 0 Å². The quantitative estimate of drug-likeness (QED) is 0.728. The van der Waals surface area contributed by atoms with E-state index in [1.165, 1.54) is 24.4 Å². The van der Waals surface area contributed by atoms with Crippen LogP contribution in [0.4, 0.5) is 27.6 Å². The van der Waals surface area contributed by atoms with Crippen molar-refractivity contribution in [3.05, 3.63) is 40.3 Å². The minimum atomic E-state index is -5.12. The fourth-order valence-corrected chi connectivity index (χ4v) is 2.91. The number of benzene rings is 1. The minimum Gasteiger partial charge on any atom is -0.435 e. The Balaban J connectivity index is 2.13. The zero-order valence-electron chi connectivity index (χ0n) is 13.2. The van der Waals surface area contributed by atoms with E-state index in [1.54, 1.807) is 0 Å². The Bertz CT molecular complexity index is 763. The molecular formula is C15H13F5N2O3S. The normalized spacial score (nSPS) is 14.2. The second-order valence-electron chi connectivity index (χ2n) is 5.28. The molecule has 2 aromatic rings. The molecule has 11 heteroatoms. The molecule has 0 bridgehead atoms. The van der Waals surface area contributed by atoms with Crippen molar-refractivity contribution in [3.63, 3.8) is 0 Å². The number of hydrogen-bond acceptors (Lipinski definition) is 5. The Morgan fingerprint density at radius 3 is 2.38 bits per heavy atom. The molecule has 26 heavy (non-hydrogen) atoms. The molecule has 0 aliphatic rings. The summed E-state index contributed by atoms with van der Waals surface area (Å²) >= 11 is 0.591. The molecule has 0 aliphatic carbocycles. The first kappa shape index (κ1) is 20.0. The fraction of sp³-hybridized carbons (Fsp3) is 0.333. The number of amides is 1. The van der Waals surface area contributed by atoms with Gasteiger partial charge in [0.2, 0.25) is 11.5 Å². The van der Waals surface area contributed by atoms with Crippen molar-refractivity contribution in [3.8, 4) is 5.75 Å². The van der Waals surface area contributed by atoms with Gasteiger partial charge in [0.25, 0.3) is 0 Å². The number of nitrogens with one attached hydrogen (secondary N) is 1. The van der Waals surface area contributed by atoms with Gasteiger partial charge < -0.3 is 15.2 Å². The molecule has 142 valence electrons. The summed E-state index contributed by atoms with van der Waals surface area (Å²) in [6.07, 6.45) is -6.43. The van der Waals surface area contributed by atoms with E-state index >= 15 is 0 Å². The SMILES string of the molecule is Cc1csc([C@](O)(CC(=O)Nc2ccc(OC(F)F)cc2)C(F)(F)F)n1. The summed E-state index contributed by atoms with van der Waals surface area (Å²) < 4.78 is 68.2. The predicted octanol–water partition coefficient (Wildman–Crippen LogP) is 3.83. The number of ether oxygens (including phenoxy) is 1. The molecule has 1 amide bonds. The van der Waals surface area contributed by atoms with Gasteiger partial charge in [-0.2, -0.15) is 22.0 Å². The van der Waals surface area contributed by atoms with Crippen molar-refractivity contribution in [2.45, 2.75) is 31.7 Å². The summed E-state index contributed by atoms with van der Waals surface area (Å²) in [6, 6.07) is 4.58. The van der Waals surface area contributed by atoms with E-state index in [0.29, 0.717) is 11.3 Å². The van der Waals surface area contributed by atoms with Crippen LogP contribution in [0.15, 0.2) is 29.6 Å². The van der Waals surface area contributed by atoms with Gasteiger partial charge in [-0.15, -0.1) is 11.3 Å². The van der Waals surface area contributed by atoms with E-state index in [0.717, 1.165) is 12.1 Å². The maximum Gasteiger partial charge on any atom is 0.424 e. The molecule has 0 spiro atoms. The van der Waals surface area contributed by atoms with Gasteiger partial charge in [-0.3, -0.25) is 4.79 Å². The molecule has 0 fully saturated rings. The van der Waals surface area contributed by atoms with Gasteiger partial charge in [0.1, 0.15) is 10.8 Å². The third-order valence-corrected chi connectivity index (χ3v) is 4.33. The van der Waals surface area contributed by atoms with Crippen LogP contribution in [0.3, 0.4) is 0 Å². The predicted molar refractivity (Wildman–Crippen MR) is 83.1 cm³/mol. The van der Waals surface area contributed by atoms with Gasteiger partial charge in [0, 0.05) is 16.8 Å². The smallest absolute Gasteiger partial charge is 0.424 e. The van der Waals surface area contributed by atoms with Crippen molar-refractivity contribution < 1.29 is 36.6 Å². The van der Waals surface area contributed by atoms with E-state index < -0.39 is 35.7 Å². The molecule has 5 nitrogen and oxygen atoms in total. The first-order chi connectivity index (χ1) is 12.0. The average molecular weight is 396 g/mol. The lowest BCUT2D eigenvalue weighted by Crippen LogP contribution is -2.45. The van der Waals surface area contributed by atoms with Crippen molar-refractivity contribution in [2.24, 2.45) is 0 Å². The van der Waals surface area contributed by atoms with E-state index in [-0.39, 0.29) is 17.1 Å². The summed E-state index contributed by atoms with van der Waals surface area (Å²) in [5.41, 5.74) is -3.10. The fourth-order valence-electron chi connectivity index (χ4n) is 2.00. The zero-order valence-corrected chi connectivity index (χ0v) is 14.0. The van der Waals surface area contributed by atoms with E-state index in [2.05, 4.69) is 15.0 Å². The highest BCUT2D eigenvalue weighted by Gasteiger charge is 2.58. The highest BCUT2D eigenvalue weighted by atomic mass is 32.1. The highest BCUT2D eigenvalue weighted by molar-refractivity contribution is 7.09. The molecule has 0 unspecified atom stereocenters. The second kappa shape index (κ2) is 7.54. The summed E-state index contributed by atoms with van der Waals surface area (Å²) in [5, 5.41) is 12.9. The van der Waals surface area contributed by atoms with Crippen molar-refractivity contribution >= 4 is 22.9 Å². The number of rotatable bonds is 6. The standard InChI is InChI=1S/C15H13F5N2O3S/c1-8-7-26-12(21-8)14(24,15(18,19)20)6-11(23)22-9-2-4-10(5-3-9)25-13(16)17/h2-5,7,13,24H,6H2,1H3,(H,22,23)/t14-/m1/s1. The van der Waals surface area contributed by atoms with Crippen molar-refractivity contribution in [1.29, 1.82) is 0 Å². The third-order valence-electron chi connectivity index (χ3n) is 3.22. The summed E-state index contributed by atoms with van der Waals surface area (Å²) in [5.74, 6) is -1.30. The molecule has 1 heterocycles. The van der Waals surface area contributed by atoms with Gasteiger partial charge in [0.15, 0.2) is 0 Å². The van der Waals surface area contributed by atoms with Crippen molar-refractivity contribution in [1.82, 2.24) is 4.98 Å². The summed E-state index contributed by atoms with van der Waals surface area (Å²) in [7, 11) is 0. The number of carbonyl (C=O) groups is 1. The Morgan fingerprint density at radius 2 is 1.92 bits per heavy atom. The number of nitrogens with zero attached hydrogens (tertiary/aromatic N) is 1. The largest absolute Gasteiger partial charge is 0.435 e. The van der Waals surface area contributed by atoms with E-state index in [4.69, 9.17) is 0 Å². The molecule has 0 aliphatic heterocycles. The second-order valence-corrected chi connectivity index (χ2v) is 6.14. The number of halogens is 5. The molecule has 0 radical (unpaired) electrons. The first-order valence-corrected chi connectivity index (χ1v) is 7.95. The summed E-state index contributed by atoms with van der Waals surface area (Å²) in [6.45, 7) is -1.57. The van der Waals surface area contributed by atoms with Gasteiger partial charge in [-0.25, -0.2) is 4.98 Å². The van der Waals surface area contributed by atoms with E-state index in [1.807, 2.05) is 0 Å². The van der Waals surface area contributed by atoms with Crippen LogP contribution >= 0.6 is 11.3 Å². The Morgan fingerprint density at radius 1 is 1.31 bits per heavy atom. The molecule has 0 saturated heterocycles. The maximum atomic E-state index is 13.3. The number of aromatic nitrogens is 1. The lowest BCUT2D eigenvalue weighted by Gasteiger charge is -2.27. The Labute approximate surface area is 148 Å². The maximum absolute atomic E-state index is 13.3. The van der Waals surface area contributed by atoms with Crippen LogP contribution in [-0.4, -0.2) is 28.8 Å². The zero-order chi connectivity index (χ0) is 19.5. The lowest BCUT2D eigenvalue weighted by atomic mass is 9.99. The third kappa shape index (κ3) is 4.67. The Hall–Kier alpha value is -2.27. The number of alkyl halides is 5. The van der Waals surface area contributed by atoms with Crippen LogP contribution in [0.1, 0.15) is 17.1 Å².